The van der Waals surface area contributed by atoms with Gasteiger partial charge in [0.25, 0.3) is 0 Å². The minimum absolute atomic E-state index is 0.273. The van der Waals surface area contributed by atoms with Gasteiger partial charge in [0.2, 0.25) is 5.78 Å². The van der Waals surface area contributed by atoms with Crippen LogP contribution in [-0.2, 0) is 0 Å². The maximum Gasteiger partial charge on any atom is 0.216 e. The monoisotopic (exact) mass is 245 g/mol. The molecule has 0 atom stereocenters. The number of quaternary nitrogens is 1. The van der Waals surface area contributed by atoms with Crippen molar-refractivity contribution >= 4 is 11.5 Å². The van der Waals surface area contributed by atoms with Crippen molar-refractivity contribution in [1.29, 1.82) is 0 Å². The van der Waals surface area contributed by atoms with Crippen molar-refractivity contribution < 1.29 is 9.28 Å². The van der Waals surface area contributed by atoms with Crippen molar-refractivity contribution in [3.8, 4) is 0 Å². The Hall–Kier alpha value is -1.35. The molecule has 3 nitrogen and oxygen atoms in total. The first-order valence-corrected chi connectivity index (χ1v) is 6.91. The van der Waals surface area contributed by atoms with Gasteiger partial charge in [0.05, 0.1) is 19.6 Å². The molecule has 3 saturated heterocycles. The van der Waals surface area contributed by atoms with Gasteiger partial charge in [0, 0.05) is 11.3 Å². The number of nitrogens with two attached hydrogens (primary N) is 1. The van der Waals surface area contributed by atoms with E-state index in [0.29, 0.717) is 6.54 Å². The van der Waals surface area contributed by atoms with Crippen LogP contribution >= 0.6 is 0 Å². The predicted molar refractivity (Wildman–Crippen MR) is 72.3 cm³/mol. The zero-order valence-corrected chi connectivity index (χ0v) is 10.8. The smallest absolute Gasteiger partial charge is 0.216 e. The molecule has 0 unspecified atom stereocenters. The number of nitrogens with zero attached hydrogens (tertiary/aromatic N) is 1. The molecule has 3 heteroatoms. The number of hydrogen-bond donors (Lipinski definition) is 1. The summed E-state index contributed by atoms with van der Waals surface area (Å²) in [6.45, 7) is 4.28. The Morgan fingerprint density at radius 3 is 2.22 bits per heavy atom. The molecule has 0 amide bonds. The van der Waals surface area contributed by atoms with Crippen molar-refractivity contribution in [2.24, 2.45) is 5.92 Å². The van der Waals surface area contributed by atoms with Gasteiger partial charge in [0.15, 0.2) is 0 Å². The van der Waals surface area contributed by atoms with E-state index in [2.05, 4.69) is 0 Å². The third kappa shape index (κ3) is 2.15. The molecule has 18 heavy (non-hydrogen) atoms. The molecule has 0 saturated carbocycles. The highest BCUT2D eigenvalue weighted by atomic mass is 16.1. The average Bonchev–Trinajstić information content (AvgIpc) is 2.41. The molecule has 3 aliphatic heterocycles. The fourth-order valence-electron chi connectivity index (χ4n) is 3.44. The molecule has 3 heterocycles. The van der Waals surface area contributed by atoms with Crippen LogP contribution in [0.4, 0.5) is 5.69 Å². The number of fused-ring (bicyclic) bond motifs is 3. The molecule has 2 N–H and O–H groups in total. The van der Waals surface area contributed by atoms with Crippen molar-refractivity contribution in [3.05, 3.63) is 29.8 Å². The number of hydrogen-bond acceptors (Lipinski definition) is 2. The third-order valence-electron chi connectivity index (χ3n) is 4.75. The van der Waals surface area contributed by atoms with Gasteiger partial charge in [-0.1, -0.05) is 0 Å². The van der Waals surface area contributed by atoms with E-state index in [1.165, 1.54) is 38.9 Å². The molecular weight excluding hydrogens is 224 g/mol. The Morgan fingerprint density at radius 2 is 1.67 bits per heavy atom. The number of carbonyl (C=O) groups is 1. The van der Waals surface area contributed by atoms with Crippen LogP contribution in [0.1, 0.15) is 29.6 Å². The number of rotatable bonds is 3. The van der Waals surface area contributed by atoms with Gasteiger partial charge in [-0.3, -0.25) is 4.79 Å². The van der Waals surface area contributed by atoms with Crippen LogP contribution < -0.4 is 5.73 Å². The van der Waals surface area contributed by atoms with E-state index in [-0.39, 0.29) is 5.78 Å². The van der Waals surface area contributed by atoms with Gasteiger partial charge in [-0.2, -0.15) is 0 Å². The molecule has 1 aromatic rings. The number of Topliss-reactive ketones (excluding diaryl/α,β-unsaturated/α-hetero) is 1. The summed E-state index contributed by atoms with van der Waals surface area (Å²) in [5.41, 5.74) is 7.18. The van der Waals surface area contributed by atoms with Gasteiger partial charge < -0.3 is 10.2 Å². The Bertz CT molecular complexity index is 430. The fourth-order valence-corrected chi connectivity index (χ4v) is 3.44. The molecule has 3 fully saturated rings. The molecule has 0 aliphatic carbocycles. The third-order valence-corrected chi connectivity index (χ3v) is 4.75. The normalized spacial score (nSPS) is 30.3. The van der Waals surface area contributed by atoms with Gasteiger partial charge in [0.1, 0.15) is 6.54 Å². The van der Waals surface area contributed by atoms with E-state index < -0.39 is 0 Å². The van der Waals surface area contributed by atoms with Crippen LogP contribution in [-0.4, -0.2) is 36.4 Å². The lowest BCUT2D eigenvalue weighted by Crippen LogP contribution is -2.60. The highest BCUT2D eigenvalue weighted by molar-refractivity contribution is 5.97. The molecule has 1 aromatic carbocycles. The van der Waals surface area contributed by atoms with E-state index >= 15 is 0 Å². The Morgan fingerprint density at radius 1 is 1.11 bits per heavy atom. The van der Waals surface area contributed by atoms with E-state index in [9.17, 15) is 4.79 Å². The molecule has 3 aliphatic rings. The van der Waals surface area contributed by atoms with E-state index in [4.69, 9.17) is 5.73 Å². The minimum Gasteiger partial charge on any atom is -0.399 e. The molecule has 0 radical (unpaired) electrons. The highest BCUT2D eigenvalue weighted by Gasteiger charge is 2.40. The van der Waals surface area contributed by atoms with Crippen LogP contribution in [0.5, 0.6) is 0 Å². The predicted octanol–water partition coefficient (Wildman–Crippen LogP) is 2.08. The standard InChI is InChI=1S/C15H20N2O/c16-14-3-1-13(2-4-14)15(18)11-17-8-5-12(6-9-17)7-10-17/h1-4,12H,5-11H2,(H-,16,18)/p+1. The van der Waals surface area contributed by atoms with Crippen LogP contribution in [0, 0.1) is 5.92 Å². The van der Waals surface area contributed by atoms with Gasteiger partial charge >= 0.3 is 0 Å². The van der Waals surface area contributed by atoms with Crippen molar-refractivity contribution in [3.63, 3.8) is 0 Å². The first-order valence-electron chi connectivity index (χ1n) is 6.91. The lowest BCUT2D eigenvalue weighted by Gasteiger charge is -2.48. The first-order chi connectivity index (χ1) is 8.67. The average molecular weight is 245 g/mol. The zero-order valence-electron chi connectivity index (χ0n) is 10.8. The Kier molecular flexibility index (Phi) is 2.86. The van der Waals surface area contributed by atoms with Crippen LogP contribution in [0.25, 0.3) is 0 Å². The van der Waals surface area contributed by atoms with E-state index in [1.807, 2.05) is 24.3 Å². The summed E-state index contributed by atoms with van der Waals surface area (Å²) >= 11 is 0. The summed E-state index contributed by atoms with van der Waals surface area (Å²) in [6, 6.07) is 7.34. The molecule has 96 valence electrons. The quantitative estimate of drug-likeness (QED) is 0.503. The number of carbonyl (C=O) groups excluding carboxylic acids is 1. The minimum atomic E-state index is 0.273. The lowest BCUT2D eigenvalue weighted by molar-refractivity contribution is -0.935. The van der Waals surface area contributed by atoms with Crippen LogP contribution in [0.3, 0.4) is 0 Å². The molecule has 2 bridgehead atoms. The summed E-state index contributed by atoms with van der Waals surface area (Å²) in [6.07, 6.45) is 3.94. The topological polar surface area (TPSA) is 43.1 Å². The highest BCUT2D eigenvalue weighted by Crippen LogP contribution is 2.33. The van der Waals surface area contributed by atoms with Crippen molar-refractivity contribution in [2.75, 3.05) is 31.9 Å². The first kappa shape index (κ1) is 11.7. The number of anilines is 1. The molecule has 0 spiro atoms. The fraction of sp³-hybridized carbons (Fsp3) is 0.533. The number of benzene rings is 1. The van der Waals surface area contributed by atoms with Crippen molar-refractivity contribution in [2.45, 2.75) is 19.3 Å². The Labute approximate surface area is 108 Å². The van der Waals surface area contributed by atoms with Gasteiger partial charge in [-0.25, -0.2) is 0 Å². The maximum atomic E-state index is 12.3. The molecular formula is C15H21N2O+. The summed E-state index contributed by atoms with van der Waals surface area (Å²) in [5, 5.41) is 0. The maximum absolute atomic E-state index is 12.3. The molecule has 4 rings (SSSR count). The second-order valence-corrected chi connectivity index (χ2v) is 5.95. The number of ketones is 1. The van der Waals surface area contributed by atoms with E-state index in [0.717, 1.165) is 21.7 Å². The second-order valence-electron chi connectivity index (χ2n) is 5.95. The number of piperidine rings is 3. The Balaban J connectivity index is 1.72. The summed E-state index contributed by atoms with van der Waals surface area (Å²) in [5.74, 6) is 1.21. The second kappa shape index (κ2) is 4.39. The summed E-state index contributed by atoms with van der Waals surface area (Å²) < 4.78 is 1.03. The van der Waals surface area contributed by atoms with Crippen molar-refractivity contribution in [1.82, 2.24) is 0 Å². The molecule has 0 aromatic heterocycles. The van der Waals surface area contributed by atoms with Crippen LogP contribution in [0.2, 0.25) is 0 Å². The summed E-state index contributed by atoms with van der Waals surface area (Å²) in [7, 11) is 0. The van der Waals surface area contributed by atoms with E-state index in [1.54, 1.807) is 0 Å². The zero-order chi connectivity index (χ0) is 12.6. The van der Waals surface area contributed by atoms with Gasteiger partial charge in [-0.15, -0.1) is 0 Å². The number of nitrogen functional groups attached to an aromatic ring is 1. The van der Waals surface area contributed by atoms with Gasteiger partial charge in [-0.05, 0) is 49.4 Å². The SMILES string of the molecule is Nc1ccc(C(=O)C[N+]23CCC(CC2)CC3)cc1. The largest absolute Gasteiger partial charge is 0.399 e. The lowest BCUT2D eigenvalue weighted by atomic mass is 9.85. The summed E-state index contributed by atoms with van der Waals surface area (Å²) in [4.78, 5) is 12.3. The van der Waals surface area contributed by atoms with Crippen LogP contribution in [0.15, 0.2) is 24.3 Å².